The third-order valence-corrected chi connectivity index (χ3v) is 5.48. The van der Waals surface area contributed by atoms with Crippen LogP contribution in [0.3, 0.4) is 0 Å². The van der Waals surface area contributed by atoms with Gasteiger partial charge in [-0.1, -0.05) is 35.4 Å². The molecule has 138 valence electrons. The third kappa shape index (κ3) is 3.95. The Kier molecular flexibility index (Phi) is 5.13. The Morgan fingerprint density at radius 3 is 2.23 bits per heavy atom. The monoisotopic (exact) mass is 375 g/mol. The number of aliphatic hydroxyl groups is 1. The highest BCUT2D eigenvalue weighted by Gasteiger charge is 2.39. The van der Waals surface area contributed by atoms with Crippen LogP contribution >= 0.6 is 0 Å². The fraction of sp³-hybridized carbons (Fsp3) is 0.316. The highest BCUT2D eigenvalue weighted by molar-refractivity contribution is 7.86. The van der Waals surface area contributed by atoms with Crippen molar-refractivity contribution in [1.29, 1.82) is 0 Å². The minimum atomic E-state index is -3.94. The van der Waals surface area contributed by atoms with Gasteiger partial charge in [0.1, 0.15) is 12.1 Å². The first-order valence-electron chi connectivity index (χ1n) is 8.20. The fourth-order valence-electron chi connectivity index (χ4n) is 2.49. The van der Waals surface area contributed by atoms with Gasteiger partial charge in [-0.3, -0.25) is 4.18 Å². The zero-order valence-corrected chi connectivity index (χ0v) is 15.5. The van der Waals surface area contributed by atoms with E-state index in [0.29, 0.717) is 5.90 Å². The van der Waals surface area contributed by atoms with Crippen molar-refractivity contribution in [2.24, 2.45) is 4.99 Å². The molecule has 3 rings (SSSR count). The van der Waals surface area contributed by atoms with Crippen molar-refractivity contribution in [3.63, 3.8) is 0 Å². The second-order valence-corrected chi connectivity index (χ2v) is 8.10. The van der Waals surface area contributed by atoms with Gasteiger partial charge in [0.25, 0.3) is 10.1 Å². The van der Waals surface area contributed by atoms with Gasteiger partial charge in [0.05, 0.1) is 18.1 Å². The quantitative estimate of drug-likeness (QED) is 0.783. The van der Waals surface area contributed by atoms with Crippen molar-refractivity contribution in [2.45, 2.75) is 24.3 Å². The van der Waals surface area contributed by atoms with Crippen LogP contribution in [0.2, 0.25) is 0 Å². The molecule has 1 atom stereocenters. The molecule has 1 aliphatic heterocycles. The van der Waals surface area contributed by atoms with Crippen molar-refractivity contribution in [1.82, 2.24) is 0 Å². The van der Waals surface area contributed by atoms with E-state index >= 15 is 0 Å². The second kappa shape index (κ2) is 7.19. The van der Waals surface area contributed by atoms with E-state index in [1.807, 2.05) is 38.1 Å². The molecule has 0 amide bonds. The summed E-state index contributed by atoms with van der Waals surface area (Å²) in [5.41, 5.74) is 1.69. The van der Waals surface area contributed by atoms with Crippen LogP contribution in [0.25, 0.3) is 0 Å². The lowest BCUT2D eigenvalue weighted by molar-refractivity contribution is 0.110. The normalized spacial score (nSPS) is 19.9. The molecular weight excluding hydrogens is 354 g/mol. The maximum Gasteiger partial charge on any atom is 0.297 e. The van der Waals surface area contributed by atoms with E-state index in [1.54, 1.807) is 12.1 Å². The lowest BCUT2D eigenvalue weighted by atomic mass is 10.1. The Morgan fingerprint density at radius 2 is 1.65 bits per heavy atom. The molecule has 0 fully saturated rings. The number of aliphatic imine (C=N–C) groups is 1. The number of hydrogen-bond donors (Lipinski definition) is 1. The van der Waals surface area contributed by atoms with E-state index in [2.05, 4.69) is 4.99 Å². The molecule has 26 heavy (non-hydrogen) atoms. The maximum absolute atomic E-state index is 12.4. The summed E-state index contributed by atoms with van der Waals surface area (Å²) in [6.45, 7) is 3.22. The topological polar surface area (TPSA) is 85.2 Å². The summed E-state index contributed by atoms with van der Waals surface area (Å²) in [6.07, 6.45) is 0. The molecule has 1 unspecified atom stereocenters. The summed E-state index contributed by atoms with van der Waals surface area (Å²) in [5, 5.41) is 9.77. The fourth-order valence-corrected chi connectivity index (χ4v) is 3.47. The van der Waals surface area contributed by atoms with Crippen LogP contribution in [-0.2, 0) is 19.0 Å². The standard InChI is InChI=1S/C19H21NO5S/c1-14-3-7-16(8-4-14)18-20-19(11-21,12-24-18)13-25-26(22,23)17-9-5-15(2)6-10-17/h3-10,21H,11-13H2,1-2H3. The van der Waals surface area contributed by atoms with Crippen LogP contribution in [0, 0.1) is 13.8 Å². The minimum Gasteiger partial charge on any atom is -0.475 e. The lowest BCUT2D eigenvalue weighted by Crippen LogP contribution is -2.39. The van der Waals surface area contributed by atoms with Crippen molar-refractivity contribution >= 4 is 16.0 Å². The number of nitrogens with zero attached hydrogens (tertiary/aromatic N) is 1. The molecule has 1 N–H and O–H groups in total. The minimum absolute atomic E-state index is 0.0517. The summed E-state index contributed by atoms with van der Waals surface area (Å²) < 4.78 is 35.5. The maximum atomic E-state index is 12.4. The van der Waals surface area contributed by atoms with Gasteiger partial charge in [-0.2, -0.15) is 8.42 Å². The first kappa shape index (κ1) is 18.6. The predicted octanol–water partition coefficient (Wildman–Crippen LogP) is 2.22. The van der Waals surface area contributed by atoms with Crippen LogP contribution < -0.4 is 0 Å². The van der Waals surface area contributed by atoms with Gasteiger partial charge in [-0.15, -0.1) is 0 Å². The Bertz CT molecular complexity index is 904. The summed E-state index contributed by atoms with van der Waals surface area (Å²) in [5.74, 6) is 0.371. The molecule has 1 heterocycles. The van der Waals surface area contributed by atoms with Crippen molar-refractivity contribution < 1.29 is 22.4 Å². The Morgan fingerprint density at radius 1 is 1.08 bits per heavy atom. The van der Waals surface area contributed by atoms with Crippen molar-refractivity contribution in [3.05, 3.63) is 65.2 Å². The Labute approximate surface area is 153 Å². The van der Waals surface area contributed by atoms with Gasteiger partial charge >= 0.3 is 0 Å². The third-order valence-electron chi connectivity index (χ3n) is 4.20. The van der Waals surface area contributed by atoms with E-state index in [-0.39, 0.29) is 24.7 Å². The molecule has 0 spiro atoms. The average molecular weight is 375 g/mol. The molecule has 0 aliphatic carbocycles. The Balaban J connectivity index is 1.77. The molecular formula is C19H21NO5S. The van der Waals surface area contributed by atoms with Crippen LogP contribution in [0.4, 0.5) is 0 Å². The van der Waals surface area contributed by atoms with E-state index in [1.165, 1.54) is 12.1 Å². The highest BCUT2D eigenvalue weighted by atomic mass is 32.2. The molecule has 2 aromatic carbocycles. The number of rotatable bonds is 6. The summed E-state index contributed by atoms with van der Waals surface area (Å²) >= 11 is 0. The van der Waals surface area contributed by atoms with Gasteiger partial charge in [-0.05, 0) is 38.1 Å². The smallest absolute Gasteiger partial charge is 0.297 e. The van der Waals surface area contributed by atoms with Crippen LogP contribution in [0.5, 0.6) is 0 Å². The van der Waals surface area contributed by atoms with Gasteiger partial charge in [-0.25, -0.2) is 4.99 Å². The van der Waals surface area contributed by atoms with Gasteiger partial charge in [0.2, 0.25) is 5.90 Å². The zero-order chi connectivity index (χ0) is 18.8. The molecule has 0 radical (unpaired) electrons. The molecule has 0 aromatic heterocycles. The van der Waals surface area contributed by atoms with Crippen molar-refractivity contribution in [2.75, 3.05) is 19.8 Å². The number of hydrogen-bond acceptors (Lipinski definition) is 6. The van der Waals surface area contributed by atoms with E-state index in [4.69, 9.17) is 8.92 Å². The van der Waals surface area contributed by atoms with E-state index < -0.39 is 15.7 Å². The lowest BCUT2D eigenvalue weighted by Gasteiger charge is -2.20. The van der Waals surface area contributed by atoms with Crippen LogP contribution in [-0.4, -0.2) is 44.8 Å². The number of aliphatic hydroxyl groups excluding tert-OH is 1. The van der Waals surface area contributed by atoms with Crippen molar-refractivity contribution in [3.8, 4) is 0 Å². The highest BCUT2D eigenvalue weighted by Crippen LogP contribution is 2.24. The predicted molar refractivity (Wildman–Crippen MR) is 97.8 cm³/mol. The summed E-state index contributed by atoms with van der Waals surface area (Å²) in [4.78, 5) is 4.47. The Hall–Kier alpha value is -2.22. The first-order valence-corrected chi connectivity index (χ1v) is 9.61. The van der Waals surface area contributed by atoms with E-state index in [0.717, 1.165) is 16.7 Å². The number of ether oxygens (including phenoxy) is 1. The van der Waals surface area contributed by atoms with Crippen LogP contribution in [0.15, 0.2) is 58.4 Å². The number of benzene rings is 2. The molecule has 0 saturated heterocycles. The van der Waals surface area contributed by atoms with Gasteiger partial charge in [0, 0.05) is 5.56 Å². The second-order valence-electron chi connectivity index (χ2n) is 6.48. The van der Waals surface area contributed by atoms with Gasteiger partial charge in [0.15, 0.2) is 0 Å². The summed E-state index contributed by atoms with van der Waals surface area (Å²) in [6, 6.07) is 14.0. The molecule has 0 saturated carbocycles. The molecule has 0 bridgehead atoms. The molecule has 1 aliphatic rings. The molecule has 6 nitrogen and oxygen atoms in total. The SMILES string of the molecule is Cc1ccc(C2=NC(CO)(COS(=O)(=O)c3ccc(C)cc3)CO2)cc1. The zero-order valence-electron chi connectivity index (χ0n) is 14.7. The molecule has 2 aromatic rings. The first-order chi connectivity index (χ1) is 12.3. The summed E-state index contributed by atoms with van der Waals surface area (Å²) in [7, 11) is -3.94. The number of aryl methyl sites for hydroxylation is 2. The average Bonchev–Trinajstić information content (AvgIpc) is 3.06. The largest absolute Gasteiger partial charge is 0.475 e. The van der Waals surface area contributed by atoms with Gasteiger partial charge < -0.3 is 9.84 Å². The van der Waals surface area contributed by atoms with E-state index in [9.17, 15) is 13.5 Å². The van der Waals surface area contributed by atoms with Crippen LogP contribution in [0.1, 0.15) is 16.7 Å². The molecule has 7 heteroatoms.